The molecule has 0 spiro atoms. The summed E-state index contributed by atoms with van der Waals surface area (Å²) in [6, 6.07) is 3.56. The summed E-state index contributed by atoms with van der Waals surface area (Å²) in [6.45, 7) is 1.61. The minimum absolute atomic E-state index is 0.110. The first-order valence-corrected chi connectivity index (χ1v) is 8.30. The Balaban J connectivity index is 1.47. The number of carbonyl (C=O) groups is 1. The van der Waals surface area contributed by atoms with Gasteiger partial charge in [-0.25, -0.2) is 4.98 Å². The summed E-state index contributed by atoms with van der Waals surface area (Å²) in [6.07, 6.45) is 9.21. The SMILES string of the molecule is O=C(c1ccncc1)N1CCC(c2csc3nccn23)CC1. The minimum atomic E-state index is 0.110. The van der Waals surface area contributed by atoms with E-state index in [-0.39, 0.29) is 5.91 Å². The highest BCUT2D eigenvalue weighted by Crippen LogP contribution is 2.31. The van der Waals surface area contributed by atoms with Gasteiger partial charge in [-0.2, -0.15) is 0 Å². The summed E-state index contributed by atoms with van der Waals surface area (Å²) >= 11 is 1.68. The van der Waals surface area contributed by atoms with Crippen molar-refractivity contribution in [2.45, 2.75) is 18.8 Å². The van der Waals surface area contributed by atoms with E-state index in [2.05, 4.69) is 19.7 Å². The van der Waals surface area contributed by atoms with E-state index in [1.807, 2.05) is 17.3 Å². The highest BCUT2D eigenvalue weighted by atomic mass is 32.1. The maximum atomic E-state index is 12.4. The predicted octanol–water partition coefficient (Wildman–Crippen LogP) is 2.81. The molecule has 1 saturated heterocycles. The van der Waals surface area contributed by atoms with Crippen molar-refractivity contribution >= 4 is 22.2 Å². The first kappa shape index (κ1) is 13.5. The van der Waals surface area contributed by atoms with Crippen molar-refractivity contribution < 1.29 is 4.79 Å². The Morgan fingerprint density at radius 2 is 1.95 bits per heavy atom. The van der Waals surface area contributed by atoms with Gasteiger partial charge in [0.25, 0.3) is 5.91 Å². The Bertz CT molecular complexity index is 787. The molecular weight excluding hydrogens is 296 g/mol. The molecule has 6 heteroatoms. The van der Waals surface area contributed by atoms with Gasteiger partial charge in [-0.05, 0) is 25.0 Å². The average molecular weight is 312 g/mol. The van der Waals surface area contributed by atoms with E-state index in [1.54, 1.807) is 35.9 Å². The standard InChI is InChI=1S/C16H16N4OS/c21-15(13-1-5-17-6-2-13)19-8-3-12(4-9-19)14-11-22-16-18-7-10-20(14)16/h1-2,5-7,10-12H,3-4,8-9H2. The van der Waals surface area contributed by atoms with Crippen LogP contribution in [0.2, 0.25) is 0 Å². The van der Waals surface area contributed by atoms with Crippen LogP contribution < -0.4 is 0 Å². The molecule has 0 N–H and O–H groups in total. The third kappa shape index (κ3) is 2.29. The van der Waals surface area contributed by atoms with E-state index in [0.29, 0.717) is 5.92 Å². The highest BCUT2D eigenvalue weighted by Gasteiger charge is 2.26. The number of imidazole rings is 1. The molecule has 0 radical (unpaired) electrons. The van der Waals surface area contributed by atoms with E-state index < -0.39 is 0 Å². The second kappa shape index (κ2) is 5.53. The Kier molecular flexibility index (Phi) is 3.38. The van der Waals surface area contributed by atoms with E-state index in [1.165, 1.54) is 5.69 Å². The number of nitrogens with zero attached hydrogens (tertiary/aromatic N) is 4. The predicted molar refractivity (Wildman–Crippen MR) is 85.2 cm³/mol. The average Bonchev–Trinajstić information content (AvgIpc) is 3.18. The number of piperidine rings is 1. The van der Waals surface area contributed by atoms with E-state index in [9.17, 15) is 4.79 Å². The maximum Gasteiger partial charge on any atom is 0.253 e. The lowest BCUT2D eigenvalue weighted by Crippen LogP contribution is -2.38. The third-order valence-electron chi connectivity index (χ3n) is 4.30. The molecule has 0 aliphatic carbocycles. The first-order valence-electron chi connectivity index (χ1n) is 7.42. The van der Waals surface area contributed by atoms with Crippen LogP contribution in [0, 0.1) is 0 Å². The largest absolute Gasteiger partial charge is 0.339 e. The van der Waals surface area contributed by atoms with Gasteiger partial charge in [-0.3, -0.25) is 14.2 Å². The van der Waals surface area contributed by atoms with Gasteiger partial charge in [0.1, 0.15) is 0 Å². The number of hydrogen-bond donors (Lipinski definition) is 0. The topological polar surface area (TPSA) is 50.5 Å². The molecule has 1 aliphatic heterocycles. The zero-order valence-corrected chi connectivity index (χ0v) is 12.9. The summed E-state index contributed by atoms with van der Waals surface area (Å²) in [5.74, 6) is 0.614. The molecule has 0 bridgehead atoms. The summed E-state index contributed by atoms with van der Waals surface area (Å²) in [4.78, 5) is 23.7. The molecule has 1 fully saturated rings. The zero-order valence-electron chi connectivity index (χ0n) is 12.1. The van der Waals surface area contributed by atoms with Gasteiger partial charge < -0.3 is 4.90 Å². The Morgan fingerprint density at radius 3 is 2.73 bits per heavy atom. The summed E-state index contributed by atoms with van der Waals surface area (Å²) in [5.41, 5.74) is 2.05. The summed E-state index contributed by atoms with van der Waals surface area (Å²) in [7, 11) is 0. The van der Waals surface area contributed by atoms with Crippen LogP contribution in [-0.2, 0) is 0 Å². The lowest BCUT2D eigenvalue weighted by molar-refractivity contribution is 0.0712. The Hall–Kier alpha value is -2.21. The smallest absolute Gasteiger partial charge is 0.253 e. The van der Waals surface area contributed by atoms with Gasteiger partial charge in [0, 0.05) is 60.4 Å². The van der Waals surface area contributed by atoms with Crippen LogP contribution in [-0.4, -0.2) is 38.3 Å². The molecule has 1 amide bonds. The Labute approximate surface area is 132 Å². The van der Waals surface area contributed by atoms with Gasteiger partial charge in [0.2, 0.25) is 0 Å². The maximum absolute atomic E-state index is 12.4. The van der Waals surface area contributed by atoms with Crippen LogP contribution in [0.15, 0.2) is 42.3 Å². The van der Waals surface area contributed by atoms with Crippen molar-refractivity contribution in [1.29, 1.82) is 0 Å². The van der Waals surface area contributed by atoms with Crippen molar-refractivity contribution in [2.24, 2.45) is 0 Å². The second-order valence-electron chi connectivity index (χ2n) is 5.54. The van der Waals surface area contributed by atoms with Crippen molar-refractivity contribution in [3.8, 4) is 0 Å². The zero-order chi connectivity index (χ0) is 14.9. The van der Waals surface area contributed by atoms with Crippen LogP contribution in [0.4, 0.5) is 0 Å². The number of pyridine rings is 1. The number of carbonyl (C=O) groups excluding carboxylic acids is 1. The molecule has 0 saturated carbocycles. The van der Waals surface area contributed by atoms with Crippen molar-refractivity contribution in [3.05, 3.63) is 53.6 Å². The van der Waals surface area contributed by atoms with E-state index in [0.717, 1.165) is 36.5 Å². The lowest BCUT2D eigenvalue weighted by atomic mass is 9.93. The number of fused-ring (bicyclic) bond motifs is 1. The molecule has 4 heterocycles. The molecule has 3 aromatic rings. The molecule has 22 heavy (non-hydrogen) atoms. The first-order chi connectivity index (χ1) is 10.8. The summed E-state index contributed by atoms with van der Waals surface area (Å²) in [5, 5.41) is 2.20. The fraction of sp³-hybridized carbons (Fsp3) is 0.312. The number of hydrogen-bond acceptors (Lipinski definition) is 4. The van der Waals surface area contributed by atoms with Gasteiger partial charge in [0.05, 0.1) is 0 Å². The molecule has 112 valence electrons. The Morgan fingerprint density at radius 1 is 1.18 bits per heavy atom. The molecule has 3 aromatic heterocycles. The molecule has 1 aliphatic rings. The normalized spacial score (nSPS) is 16.3. The molecule has 5 nitrogen and oxygen atoms in total. The number of thiazole rings is 1. The van der Waals surface area contributed by atoms with Gasteiger partial charge in [-0.1, -0.05) is 0 Å². The number of aromatic nitrogens is 3. The number of rotatable bonds is 2. The fourth-order valence-corrected chi connectivity index (χ4v) is 4.03. The van der Waals surface area contributed by atoms with Crippen LogP contribution in [0.25, 0.3) is 4.96 Å². The van der Waals surface area contributed by atoms with Gasteiger partial charge >= 0.3 is 0 Å². The lowest BCUT2D eigenvalue weighted by Gasteiger charge is -2.31. The number of likely N-dealkylation sites (tertiary alicyclic amines) is 1. The quantitative estimate of drug-likeness (QED) is 0.731. The molecular formula is C16H16N4OS. The molecule has 0 aromatic carbocycles. The minimum Gasteiger partial charge on any atom is -0.339 e. The number of amides is 1. The molecule has 0 atom stereocenters. The third-order valence-corrected chi connectivity index (χ3v) is 5.17. The van der Waals surface area contributed by atoms with Crippen molar-refractivity contribution in [2.75, 3.05) is 13.1 Å². The molecule has 0 unspecified atom stereocenters. The molecule has 4 rings (SSSR count). The van der Waals surface area contributed by atoms with Crippen LogP contribution in [0.5, 0.6) is 0 Å². The van der Waals surface area contributed by atoms with Crippen LogP contribution in [0.3, 0.4) is 0 Å². The van der Waals surface area contributed by atoms with E-state index in [4.69, 9.17) is 0 Å². The fourth-order valence-electron chi connectivity index (χ4n) is 3.09. The van der Waals surface area contributed by atoms with E-state index >= 15 is 0 Å². The second-order valence-corrected chi connectivity index (χ2v) is 6.38. The van der Waals surface area contributed by atoms with Crippen molar-refractivity contribution in [3.63, 3.8) is 0 Å². The van der Waals surface area contributed by atoms with Crippen LogP contribution in [0.1, 0.15) is 34.8 Å². The highest BCUT2D eigenvalue weighted by molar-refractivity contribution is 7.15. The van der Waals surface area contributed by atoms with Crippen molar-refractivity contribution in [1.82, 2.24) is 19.3 Å². The monoisotopic (exact) mass is 312 g/mol. The summed E-state index contributed by atoms with van der Waals surface area (Å²) < 4.78 is 2.18. The van der Waals surface area contributed by atoms with Crippen LogP contribution >= 0.6 is 11.3 Å². The van der Waals surface area contributed by atoms with Gasteiger partial charge in [-0.15, -0.1) is 11.3 Å². The van der Waals surface area contributed by atoms with Gasteiger partial charge in [0.15, 0.2) is 4.96 Å².